The average molecular weight is 353 g/mol. The number of anilines is 1. The molecule has 1 aliphatic rings. The van der Waals surface area contributed by atoms with Crippen LogP contribution in [0.25, 0.3) is 0 Å². The highest BCUT2D eigenvalue weighted by Crippen LogP contribution is 2.32. The van der Waals surface area contributed by atoms with Crippen molar-refractivity contribution in [3.8, 4) is 0 Å². The molecule has 0 aromatic heterocycles. The Morgan fingerprint density at radius 3 is 2.67 bits per heavy atom. The van der Waals surface area contributed by atoms with Crippen LogP contribution in [0.2, 0.25) is 5.02 Å². The molecule has 0 saturated carbocycles. The predicted octanol–water partition coefficient (Wildman–Crippen LogP) is 2.17. The van der Waals surface area contributed by atoms with Gasteiger partial charge in [0.2, 0.25) is 15.0 Å². The molecular weight excluding hydrogens is 343 g/mol. The third kappa shape index (κ3) is 3.84. The fraction of sp³-hybridized carbons (Fsp3) is 0.364. The zero-order chi connectivity index (χ0) is 15.8. The van der Waals surface area contributed by atoms with Gasteiger partial charge in [-0.15, -0.1) is 0 Å². The molecule has 0 aliphatic carbocycles. The predicted molar refractivity (Wildman–Crippen MR) is 78.2 cm³/mol. The quantitative estimate of drug-likeness (QED) is 0.469. The molecule has 1 heterocycles. The van der Waals surface area contributed by atoms with Crippen LogP contribution in [0.3, 0.4) is 0 Å². The number of nitro benzene ring substituents is 1. The second-order valence-corrected chi connectivity index (χ2v) is 7.90. The molecule has 0 bridgehead atoms. The van der Waals surface area contributed by atoms with Crippen LogP contribution in [-0.4, -0.2) is 31.5 Å². The minimum Gasteiger partial charge on any atom is -0.312 e. The standard InChI is InChI=1S/C11H10Cl2N2O5S/c12-9-2-1-8(4-10(9)15(17)18)14-5-7(3-11(14)16)6-21(13,19)20/h1-2,4,7H,3,5-6H2. The SMILES string of the molecule is O=C1CC(CS(=O)(=O)Cl)CN1c1ccc(Cl)c([N+](=O)[O-])c1. The number of hydrogen-bond acceptors (Lipinski definition) is 5. The summed E-state index contributed by atoms with van der Waals surface area (Å²) in [5.41, 5.74) is 0.000881. The van der Waals surface area contributed by atoms with Gasteiger partial charge in [-0.25, -0.2) is 8.42 Å². The molecule has 10 heteroatoms. The van der Waals surface area contributed by atoms with Crippen molar-refractivity contribution < 1.29 is 18.1 Å². The van der Waals surface area contributed by atoms with Crippen LogP contribution in [0.5, 0.6) is 0 Å². The summed E-state index contributed by atoms with van der Waals surface area (Å²) < 4.78 is 22.1. The van der Waals surface area contributed by atoms with Gasteiger partial charge in [-0.3, -0.25) is 14.9 Å². The molecule has 1 aromatic rings. The molecule has 21 heavy (non-hydrogen) atoms. The molecule has 1 saturated heterocycles. The van der Waals surface area contributed by atoms with E-state index >= 15 is 0 Å². The van der Waals surface area contributed by atoms with Gasteiger partial charge in [0.15, 0.2) is 0 Å². The highest BCUT2D eigenvalue weighted by Gasteiger charge is 2.33. The first-order valence-electron chi connectivity index (χ1n) is 5.84. The zero-order valence-electron chi connectivity index (χ0n) is 10.5. The van der Waals surface area contributed by atoms with Crippen LogP contribution in [0.1, 0.15) is 6.42 Å². The third-order valence-corrected chi connectivity index (χ3v) is 4.65. The van der Waals surface area contributed by atoms with Crippen LogP contribution in [0, 0.1) is 16.0 Å². The van der Waals surface area contributed by atoms with Gasteiger partial charge in [0.1, 0.15) is 5.02 Å². The Hall–Kier alpha value is -1.38. The van der Waals surface area contributed by atoms with Crippen molar-refractivity contribution in [2.75, 3.05) is 17.2 Å². The molecule has 0 radical (unpaired) electrons. The van der Waals surface area contributed by atoms with Crippen molar-refractivity contribution in [2.24, 2.45) is 5.92 Å². The molecule has 0 N–H and O–H groups in total. The number of nitro groups is 1. The Morgan fingerprint density at radius 1 is 1.43 bits per heavy atom. The maximum absolute atomic E-state index is 11.9. The van der Waals surface area contributed by atoms with Crippen LogP contribution < -0.4 is 4.90 Å². The van der Waals surface area contributed by atoms with Gasteiger partial charge in [-0.1, -0.05) is 11.6 Å². The summed E-state index contributed by atoms with van der Waals surface area (Å²) in [6.07, 6.45) is 0.0301. The van der Waals surface area contributed by atoms with Gasteiger partial charge in [-0.2, -0.15) is 0 Å². The number of carbonyl (C=O) groups excluding carboxylic acids is 1. The first kappa shape index (κ1) is 16.0. The van der Waals surface area contributed by atoms with Crippen molar-refractivity contribution in [3.63, 3.8) is 0 Å². The summed E-state index contributed by atoms with van der Waals surface area (Å²) in [5, 5.41) is 10.8. The van der Waals surface area contributed by atoms with Crippen molar-refractivity contribution >= 4 is 48.6 Å². The van der Waals surface area contributed by atoms with E-state index in [0.717, 1.165) is 0 Å². The zero-order valence-corrected chi connectivity index (χ0v) is 12.9. The number of hydrogen-bond donors (Lipinski definition) is 0. The first-order valence-corrected chi connectivity index (χ1v) is 8.69. The Kier molecular flexibility index (Phi) is 4.40. The number of amides is 1. The molecule has 1 amide bonds. The van der Waals surface area contributed by atoms with Gasteiger partial charge in [0.25, 0.3) is 5.69 Å². The molecule has 114 valence electrons. The van der Waals surface area contributed by atoms with Crippen molar-refractivity contribution in [1.29, 1.82) is 0 Å². The lowest BCUT2D eigenvalue weighted by molar-refractivity contribution is -0.384. The first-order chi connectivity index (χ1) is 9.67. The molecule has 1 aliphatic heterocycles. The van der Waals surface area contributed by atoms with Crippen LogP contribution in [0.15, 0.2) is 18.2 Å². The highest BCUT2D eigenvalue weighted by atomic mass is 35.7. The van der Waals surface area contributed by atoms with Gasteiger partial charge in [0.05, 0.1) is 16.4 Å². The average Bonchev–Trinajstić information content (AvgIpc) is 2.68. The molecule has 0 spiro atoms. The van der Waals surface area contributed by atoms with Gasteiger partial charge >= 0.3 is 0 Å². The van der Waals surface area contributed by atoms with E-state index < -0.39 is 19.9 Å². The summed E-state index contributed by atoms with van der Waals surface area (Å²) in [6, 6.07) is 4.00. The topological polar surface area (TPSA) is 97.6 Å². The van der Waals surface area contributed by atoms with E-state index in [1.807, 2.05) is 0 Å². The molecule has 1 aromatic carbocycles. The minimum atomic E-state index is -3.70. The number of rotatable bonds is 4. The van der Waals surface area contributed by atoms with Crippen molar-refractivity contribution in [3.05, 3.63) is 33.3 Å². The number of benzene rings is 1. The van der Waals surface area contributed by atoms with Crippen molar-refractivity contribution in [2.45, 2.75) is 6.42 Å². The summed E-state index contributed by atoms with van der Waals surface area (Å²) in [7, 11) is 1.48. The van der Waals surface area contributed by atoms with Crippen LogP contribution in [0.4, 0.5) is 11.4 Å². The lowest BCUT2D eigenvalue weighted by Crippen LogP contribution is -2.25. The Morgan fingerprint density at radius 2 is 2.10 bits per heavy atom. The minimum absolute atomic E-state index is 0.0301. The molecular formula is C11H10Cl2N2O5S. The lowest BCUT2D eigenvalue weighted by atomic mass is 10.1. The maximum Gasteiger partial charge on any atom is 0.289 e. The summed E-state index contributed by atoms with van der Waals surface area (Å²) in [6.45, 7) is 0.142. The van der Waals surface area contributed by atoms with E-state index in [-0.39, 0.29) is 35.3 Å². The summed E-state index contributed by atoms with van der Waals surface area (Å²) in [5.74, 6) is -1.06. The third-order valence-electron chi connectivity index (χ3n) is 3.08. The largest absolute Gasteiger partial charge is 0.312 e. The normalized spacial score (nSPS) is 19.0. The van der Waals surface area contributed by atoms with Crippen LogP contribution >= 0.6 is 22.3 Å². The Labute approximate surface area is 130 Å². The summed E-state index contributed by atoms with van der Waals surface area (Å²) >= 11 is 5.71. The fourth-order valence-electron chi connectivity index (χ4n) is 2.23. The second-order valence-electron chi connectivity index (χ2n) is 4.67. The van der Waals surface area contributed by atoms with Gasteiger partial charge in [-0.05, 0) is 12.1 Å². The monoisotopic (exact) mass is 352 g/mol. The van der Waals surface area contributed by atoms with E-state index in [4.69, 9.17) is 22.3 Å². The molecule has 7 nitrogen and oxygen atoms in total. The summed E-state index contributed by atoms with van der Waals surface area (Å²) in [4.78, 5) is 23.4. The Balaban J connectivity index is 2.25. The molecule has 2 rings (SSSR count). The lowest BCUT2D eigenvalue weighted by Gasteiger charge is -2.16. The van der Waals surface area contributed by atoms with E-state index in [0.29, 0.717) is 5.69 Å². The van der Waals surface area contributed by atoms with Gasteiger partial charge < -0.3 is 4.90 Å². The maximum atomic E-state index is 11.9. The number of nitrogens with zero attached hydrogens (tertiary/aromatic N) is 2. The van der Waals surface area contributed by atoms with E-state index in [1.165, 1.54) is 23.1 Å². The molecule has 1 fully saturated rings. The number of halogens is 2. The smallest absolute Gasteiger partial charge is 0.289 e. The Bertz CT molecular complexity index is 707. The van der Waals surface area contributed by atoms with Crippen molar-refractivity contribution in [1.82, 2.24) is 0 Å². The van der Waals surface area contributed by atoms with Gasteiger partial charge in [0, 0.05) is 35.6 Å². The highest BCUT2D eigenvalue weighted by molar-refractivity contribution is 8.13. The van der Waals surface area contributed by atoms with E-state index in [9.17, 15) is 23.3 Å². The number of carbonyl (C=O) groups is 1. The van der Waals surface area contributed by atoms with Crippen LogP contribution in [-0.2, 0) is 13.8 Å². The van der Waals surface area contributed by atoms with E-state index in [2.05, 4.69) is 0 Å². The molecule has 1 atom stereocenters. The molecule has 1 unspecified atom stereocenters. The fourth-order valence-corrected chi connectivity index (χ4v) is 3.74. The second kappa shape index (κ2) is 5.78. The van der Waals surface area contributed by atoms with E-state index in [1.54, 1.807) is 0 Å².